The van der Waals surface area contributed by atoms with Crippen molar-refractivity contribution in [2.45, 2.75) is 4.90 Å². The largest absolute Gasteiger partial charge is 0.377 e. The lowest BCUT2D eigenvalue weighted by atomic mass is 10.1. The van der Waals surface area contributed by atoms with E-state index in [1.165, 1.54) is 12.4 Å². The van der Waals surface area contributed by atoms with Gasteiger partial charge in [0, 0.05) is 30.6 Å². The van der Waals surface area contributed by atoms with Gasteiger partial charge in [0.1, 0.15) is 0 Å². The molecule has 0 unspecified atom stereocenters. The van der Waals surface area contributed by atoms with E-state index in [0.29, 0.717) is 15.8 Å². The summed E-state index contributed by atoms with van der Waals surface area (Å²) in [4.78, 5) is 10.0. The molecular weight excluding hydrogens is 392 g/mol. The lowest BCUT2D eigenvalue weighted by molar-refractivity contribution is 0.602. The molecule has 24 heavy (non-hydrogen) atoms. The minimum Gasteiger partial charge on any atom is -0.377 e. The first-order valence-electron chi connectivity index (χ1n) is 7.08. The van der Waals surface area contributed by atoms with Gasteiger partial charge in [-0.05, 0) is 28.1 Å². The van der Waals surface area contributed by atoms with Crippen LogP contribution in [0.4, 0.5) is 11.4 Å². The van der Waals surface area contributed by atoms with Crippen LogP contribution in [0.3, 0.4) is 0 Å². The fourth-order valence-corrected chi connectivity index (χ4v) is 3.92. The molecule has 8 heteroatoms. The van der Waals surface area contributed by atoms with E-state index >= 15 is 0 Å². The first kappa shape index (κ1) is 16.7. The van der Waals surface area contributed by atoms with Crippen LogP contribution in [0.5, 0.6) is 0 Å². The number of nitrogens with one attached hydrogen (secondary N) is 1. The van der Waals surface area contributed by atoms with Gasteiger partial charge in [-0.1, -0.05) is 24.3 Å². The average Bonchev–Trinajstić information content (AvgIpc) is 2.55. The Morgan fingerprint density at radius 3 is 2.29 bits per heavy atom. The third kappa shape index (κ3) is 3.20. The summed E-state index contributed by atoms with van der Waals surface area (Å²) in [6.45, 7) is 0. The topological polar surface area (TPSA) is 75.2 Å². The molecule has 6 nitrogen and oxygen atoms in total. The van der Waals surface area contributed by atoms with Crippen molar-refractivity contribution >= 4 is 48.1 Å². The highest BCUT2D eigenvalue weighted by atomic mass is 79.9. The van der Waals surface area contributed by atoms with Crippen molar-refractivity contribution in [3.05, 3.63) is 53.5 Å². The average molecular weight is 407 g/mol. The number of rotatable bonds is 4. The molecule has 0 atom stereocenters. The smallest absolute Gasteiger partial charge is 0.262 e. The molecule has 124 valence electrons. The molecule has 3 rings (SSSR count). The van der Waals surface area contributed by atoms with Gasteiger partial charge in [-0.3, -0.25) is 4.72 Å². The Balaban J connectivity index is 2.11. The van der Waals surface area contributed by atoms with Crippen molar-refractivity contribution < 1.29 is 8.42 Å². The molecule has 1 N–H and O–H groups in total. The number of anilines is 2. The number of aromatic nitrogens is 2. The Morgan fingerprint density at radius 1 is 1.00 bits per heavy atom. The van der Waals surface area contributed by atoms with Crippen LogP contribution in [-0.4, -0.2) is 32.5 Å². The summed E-state index contributed by atoms with van der Waals surface area (Å²) in [6.07, 6.45) is 2.82. The molecule has 0 aliphatic rings. The zero-order valence-corrected chi connectivity index (χ0v) is 15.5. The zero-order chi connectivity index (χ0) is 17.3. The fourth-order valence-electron chi connectivity index (χ4n) is 2.46. The minimum absolute atomic E-state index is 0.214. The summed E-state index contributed by atoms with van der Waals surface area (Å²) in [5.74, 6) is 0. The quantitative estimate of drug-likeness (QED) is 0.672. The predicted molar refractivity (Wildman–Crippen MR) is 98.8 cm³/mol. The van der Waals surface area contributed by atoms with Crippen LogP contribution in [0.1, 0.15) is 0 Å². The Morgan fingerprint density at radius 2 is 1.62 bits per heavy atom. The molecule has 0 fully saturated rings. The minimum atomic E-state index is -3.76. The molecule has 1 heterocycles. The van der Waals surface area contributed by atoms with Gasteiger partial charge in [0.15, 0.2) is 4.73 Å². The van der Waals surface area contributed by atoms with Crippen LogP contribution in [0.15, 0.2) is 58.4 Å². The van der Waals surface area contributed by atoms with Crippen LogP contribution in [-0.2, 0) is 10.0 Å². The summed E-state index contributed by atoms with van der Waals surface area (Å²) < 4.78 is 28.5. The number of nitrogens with zero attached hydrogens (tertiary/aromatic N) is 3. The highest BCUT2D eigenvalue weighted by Crippen LogP contribution is 2.30. The van der Waals surface area contributed by atoms with Crippen LogP contribution in [0, 0.1) is 0 Å². The van der Waals surface area contributed by atoms with Gasteiger partial charge in [-0.2, -0.15) is 0 Å². The first-order chi connectivity index (χ1) is 11.4. The molecule has 0 bridgehead atoms. The molecule has 0 saturated heterocycles. The van der Waals surface area contributed by atoms with Gasteiger partial charge in [-0.25, -0.2) is 18.4 Å². The molecule has 0 saturated carbocycles. The van der Waals surface area contributed by atoms with E-state index in [1.807, 2.05) is 37.2 Å². The zero-order valence-electron chi connectivity index (χ0n) is 13.1. The maximum absolute atomic E-state index is 12.8. The second kappa shape index (κ2) is 6.37. The van der Waals surface area contributed by atoms with Gasteiger partial charge in [0.25, 0.3) is 10.0 Å². The first-order valence-corrected chi connectivity index (χ1v) is 9.35. The highest BCUT2D eigenvalue weighted by Gasteiger charge is 2.19. The van der Waals surface area contributed by atoms with E-state index in [-0.39, 0.29) is 4.90 Å². The Bertz CT molecular complexity index is 989. The monoisotopic (exact) mass is 406 g/mol. The number of halogens is 1. The number of sulfonamides is 1. The van der Waals surface area contributed by atoms with E-state index in [9.17, 15) is 8.42 Å². The van der Waals surface area contributed by atoms with Crippen LogP contribution in [0.2, 0.25) is 0 Å². The van der Waals surface area contributed by atoms with Crippen molar-refractivity contribution in [1.29, 1.82) is 0 Å². The molecule has 0 spiro atoms. The van der Waals surface area contributed by atoms with Gasteiger partial charge < -0.3 is 4.90 Å². The molecule has 1 aromatic heterocycles. The summed E-state index contributed by atoms with van der Waals surface area (Å²) >= 11 is 3.12. The SMILES string of the molecule is CN(C)c1cccc2c(S(=O)(=O)Nc3cnc(Br)nc3)cccc12. The summed E-state index contributed by atoms with van der Waals surface area (Å²) in [7, 11) is 0.0889. The fraction of sp³-hybridized carbons (Fsp3) is 0.125. The molecular formula is C16H15BrN4O2S. The number of benzene rings is 2. The molecule has 0 amide bonds. The van der Waals surface area contributed by atoms with Crippen molar-refractivity contribution in [1.82, 2.24) is 9.97 Å². The summed E-state index contributed by atoms with van der Waals surface area (Å²) in [5, 5.41) is 1.53. The van der Waals surface area contributed by atoms with Crippen molar-refractivity contribution in [2.75, 3.05) is 23.7 Å². The van der Waals surface area contributed by atoms with Gasteiger partial charge in [-0.15, -0.1) is 0 Å². The Kier molecular flexibility index (Phi) is 4.42. The van der Waals surface area contributed by atoms with Crippen molar-refractivity contribution in [3.63, 3.8) is 0 Å². The molecule has 0 radical (unpaired) electrons. The Hall–Kier alpha value is -2.19. The van der Waals surface area contributed by atoms with Crippen molar-refractivity contribution in [2.24, 2.45) is 0 Å². The second-order valence-corrected chi connectivity index (χ2v) is 7.73. The van der Waals surface area contributed by atoms with E-state index in [0.717, 1.165) is 11.1 Å². The second-order valence-electron chi connectivity index (χ2n) is 5.37. The Labute approximate surface area is 148 Å². The molecule has 2 aromatic carbocycles. The third-order valence-electron chi connectivity index (χ3n) is 3.50. The van der Waals surface area contributed by atoms with Crippen molar-refractivity contribution in [3.8, 4) is 0 Å². The molecule has 0 aliphatic carbocycles. The van der Waals surface area contributed by atoms with Crippen LogP contribution in [0.25, 0.3) is 10.8 Å². The maximum atomic E-state index is 12.8. The van der Waals surface area contributed by atoms with Gasteiger partial charge in [0.2, 0.25) is 0 Å². The molecule has 0 aliphatic heterocycles. The van der Waals surface area contributed by atoms with E-state index in [4.69, 9.17) is 0 Å². The summed E-state index contributed by atoms with van der Waals surface area (Å²) in [5.41, 5.74) is 1.26. The number of hydrogen-bond donors (Lipinski definition) is 1. The summed E-state index contributed by atoms with van der Waals surface area (Å²) in [6, 6.07) is 10.8. The highest BCUT2D eigenvalue weighted by molar-refractivity contribution is 9.10. The lowest BCUT2D eigenvalue weighted by Gasteiger charge is -2.17. The third-order valence-corrected chi connectivity index (χ3v) is 5.35. The number of fused-ring (bicyclic) bond motifs is 1. The number of hydrogen-bond acceptors (Lipinski definition) is 5. The van der Waals surface area contributed by atoms with Crippen LogP contribution < -0.4 is 9.62 Å². The van der Waals surface area contributed by atoms with Gasteiger partial charge >= 0.3 is 0 Å². The van der Waals surface area contributed by atoms with E-state index < -0.39 is 10.0 Å². The van der Waals surface area contributed by atoms with Crippen LogP contribution >= 0.6 is 15.9 Å². The normalized spacial score (nSPS) is 11.5. The lowest BCUT2D eigenvalue weighted by Crippen LogP contribution is -2.14. The predicted octanol–water partition coefficient (Wildman–Crippen LogP) is 3.26. The maximum Gasteiger partial charge on any atom is 0.262 e. The van der Waals surface area contributed by atoms with Gasteiger partial charge in [0.05, 0.1) is 23.0 Å². The van der Waals surface area contributed by atoms with E-state index in [1.54, 1.807) is 18.2 Å². The van der Waals surface area contributed by atoms with E-state index in [2.05, 4.69) is 30.6 Å². The molecule has 3 aromatic rings. The standard InChI is InChI=1S/C16H15BrN4O2S/c1-21(2)14-7-3-6-13-12(14)5-4-8-15(13)24(22,23)20-11-9-18-16(17)19-10-11/h3-10,20H,1-2H3.